The molecule has 1 heterocycles. The number of likely N-dealkylation sites (N-methyl/N-ethyl adjacent to an activating group) is 1. The molecule has 1 N–H and O–H groups in total. The second kappa shape index (κ2) is 9.01. The highest BCUT2D eigenvalue weighted by atomic mass is 16.5. The zero-order chi connectivity index (χ0) is 16.7. The largest absolute Gasteiger partial charge is 0.379 e. The molecule has 2 rings (SSSR count). The van der Waals surface area contributed by atoms with Crippen LogP contribution in [-0.4, -0.2) is 68.2 Å². The Hall–Kier alpha value is -1.43. The van der Waals surface area contributed by atoms with E-state index in [1.54, 1.807) is 4.90 Å². The van der Waals surface area contributed by atoms with E-state index in [-0.39, 0.29) is 5.91 Å². The number of hydrogen-bond donors (Lipinski definition) is 1. The maximum absolute atomic E-state index is 12.4. The first-order valence-electron chi connectivity index (χ1n) is 8.44. The molecule has 0 aromatic heterocycles. The lowest BCUT2D eigenvalue weighted by Gasteiger charge is -2.26. The Morgan fingerprint density at radius 3 is 2.52 bits per heavy atom. The van der Waals surface area contributed by atoms with Gasteiger partial charge in [-0.15, -0.1) is 0 Å². The van der Waals surface area contributed by atoms with Crippen molar-refractivity contribution in [1.82, 2.24) is 15.1 Å². The number of carbonyl (C=O) groups is 1. The molecule has 0 radical (unpaired) electrons. The lowest BCUT2D eigenvalue weighted by molar-refractivity contribution is 0.0342. The first kappa shape index (κ1) is 17.9. The van der Waals surface area contributed by atoms with E-state index < -0.39 is 0 Å². The fourth-order valence-corrected chi connectivity index (χ4v) is 2.61. The molecule has 0 aliphatic carbocycles. The van der Waals surface area contributed by atoms with Gasteiger partial charge in [0.1, 0.15) is 0 Å². The van der Waals surface area contributed by atoms with Crippen LogP contribution < -0.4 is 5.32 Å². The molecule has 0 bridgehead atoms. The molecule has 23 heavy (non-hydrogen) atoms. The summed E-state index contributed by atoms with van der Waals surface area (Å²) in [5.74, 6) is 0.0773. The van der Waals surface area contributed by atoms with Gasteiger partial charge in [-0.2, -0.15) is 0 Å². The minimum Gasteiger partial charge on any atom is -0.379 e. The van der Waals surface area contributed by atoms with E-state index in [1.165, 1.54) is 5.56 Å². The number of morpholine rings is 1. The molecule has 0 saturated carbocycles. The van der Waals surface area contributed by atoms with E-state index >= 15 is 0 Å². The summed E-state index contributed by atoms with van der Waals surface area (Å²) in [4.78, 5) is 16.5. The number of benzene rings is 1. The number of ether oxygens (including phenoxy) is 1. The third-order valence-corrected chi connectivity index (χ3v) is 4.06. The maximum atomic E-state index is 12.4. The van der Waals surface area contributed by atoms with Gasteiger partial charge in [-0.3, -0.25) is 9.69 Å². The third kappa shape index (κ3) is 5.94. The molecule has 5 nitrogen and oxygen atoms in total. The van der Waals surface area contributed by atoms with Crippen molar-refractivity contribution >= 4 is 5.91 Å². The summed E-state index contributed by atoms with van der Waals surface area (Å²) < 4.78 is 5.36. The van der Waals surface area contributed by atoms with Gasteiger partial charge < -0.3 is 15.0 Å². The Morgan fingerprint density at radius 2 is 1.91 bits per heavy atom. The van der Waals surface area contributed by atoms with E-state index in [1.807, 2.05) is 19.2 Å². The Bertz CT molecular complexity index is 482. The number of carbonyl (C=O) groups excluding carboxylic acids is 1. The van der Waals surface area contributed by atoms with Crippen molar-refractivity contribution in [3.63, 3.8) is 0 Å². The minimum absolute atomic E-state index is 0.0773. The fourth-order valence-electron chi connectivity index (χ4n) is 2.61. The molecule has 0 unspecified atom stereocenters. The predicted octanol–water partition coefficient (Wildman–Crippen LogP) is 1.59. The van der Waals surface area contributed by atoms with Crippen molar-refractivity contribution < 1.29 is 9.53 Å². The van der Waals surface area contributed by atoms with Crippen LogP contribution >= 0.6 is 0 Å². The van der Waals surface area contributed by atoms with Gasteiger partial charge in [-0.05, 0) is 17.7 Å². The van der Waals surface area contributed by atoms with Gasteiger partial charge in [0.15, 0.2) is 0 Å². The lowest BCUT2D eigenvalue weighted by Crippen LogP contribution is -2.36. The van der Waals surface area contributed by atoms with Gasteiger partial charge in [0, 0.05) is 51.4 Å². The zero-order valence-electron chi connectivity index (χ0n) is 14.5. The van der Waals surface area contributed by atoms with E-state index in [4.69, 9.17) is 4.74 Å². The molecule has 5 heteroatoms. The van der Waals surface area contributed by atoms with E-state index in [0.717, 1.165) is 45.0 Å². The fraction of sp³-hybridized carbons (Fsp3) is 0.611. The van der Waals surface area contributed by atoms with Crippen molar-refractivity contribution in [3.05, 3.63) is 35.4 Å². The minimum atomic E-state index is 0.0773. The van der Waals surface area contributed by atoms with Crippen LogP contribution in [0.25, 0.3) is 0 Å². The second-order valence-electron chi connectivity index (χ2n) is 6.42. The number of nitrogens with zero attached hydrogens (tertiary/aromatic N) is 2. The standard InChI is InChI=1S/C18H29N3O2/c1-15(2)19-8-9-20(3)18(22)17-6-4-16(5-7-17)14-21-10-12-23-13-11-21/h4-7,15,19H,8-14H2,1-3H3. The molecule has 1 aromatic rings. The molecule has 0 spiro atoms. The normalized spacial score (nSPS) is 15.8. The van der Waals surface area contributed by atoms with E-state index in [2.05, 4.69) is 36.2 Å². The Balaban J connectivity index is 1.84. The van der Waals surface area contributed by atoms with Gasteiger partial charge in [0.2, 0.25) is 0 Å². The van der Waals surface area contributed by atoms with Gasteiger partial charge in [0.05, 0.1) is 13.2 Å². The molecule has 1 aliphatic heterocycles. The Kier molecular flexibility index (Phi) is 7.02. The number of hydrogen-bond acceptors (Lipinski definition) is 4. The summed E-state index contributed by atoms with van der Waals surface area (Å²) in [5.41, 5.74) is 2.00. The number of nitrogens with one attached hydrogen (secondary N) is 1. The summed E-state index contributed by atoms with van der Waals surface area (Å²) in [6.07, 6.45) is 0. The van der Waals surface area contributed by atoms with Gasteiger partial charge in [-0.1, -0.05) is 26.0 Å². The average molecular weight is 319 g/mol. The van der Waals surface area contributed by atoms with E-state index in [0.29, 0.717) is 12.6 Å². The van der Waals surface area contributed by atoms with Crippen LogP contribution in [0.5, 0.6) is 0 Å². The molecular formula is C18H29N3O2. The predicted molar refractivity (Wildman–Crippen MR) is 92.6 cm³/mol. The molecule has 0 atom stereocenters. The Morgan fingerprint density at radius 1 is 1.26 bits per heavy atom. The highest BCUT2D eigenvalue weighted by Gasteiger charge is 2.13. The summed E-state index contributed by atoms with van der Waals surface area (Å²) in [7, 11) is 1.85. The van der Waals surface area contributed by atoms with Crippen LogP contribution in [0.3, 0.4) is 0 Å². The van der Waals surface area contributed by atoms with Crippen molar-refractivity contribution in [2.75, 3.05) is 46.4 Å². The van der Waals surface area contributed by atoms with Crippen LogP contribution in [-0.2, 0) is 11.3 Å². The molecule has 1 aliphatic rings. The van der Waals surface area contributed by atoms with Crippen molar-refractivity contribution in [2.45, 2.75) is 26.4 Å². The molecular weight excluding hydrogens is 290 g/mol. The summed E-state index contributed by atoms with van der Waals surface area (Å²) in [6, 6.07) is 8.43. The number of rotatable bonds is 7. The van der Waals surface area contributed by atoms with Crippen molar-refractivity contribution in [2.24, 2.45) is 0 Å². The van der Waals surface area contributed by atoms with Crippen molar-refractivity contribution in [3.8, 4) is 0 Å². The highest BCUT2D eigenvalue weighted by Crippen LogP contribution is 2.10. The van der Waals surface area contributed by atoms with Crippen LogP contribution in [0.15, 0.2) is 24.3 Å². The second-order valence-corrected chi connectivity index (χ2v) is 6.42. The van der Waals surface area contributed by atoms with Crippen LogP contribution in [0.2, 0.25) is 0 Å². The SMILES string of the molecule is CC(C)NCCN(C)C(=O)c1ccc(CN2CCOCC2)cc1. The average Bonchev–Trinajstić information content (AvgIpc) is 2.55. The monoisotopic (exact) mass is 319 g/mol. The lowest BCUT2D eigenvalue weighted by atomic mass is 10.1. The quantitative estimate of drug-likeness (QED) is 0.829. The van der Waals surface area contributed by atoms with Crippen LogP contribution in [0, 0.1) is 0 Å². The number of amides is 1. The summed E-state index contributed by atoms with van der Waals surface area (Å²) >= 11 is 0. The van der Waals surface area contributed by atoms with Gasteiger partial charge in [-0.25, -0.2) is 0 Å². The Labute approximate surface area is 139 Å². The molecule has 1 aromatic carbocycles. The third-order valence-electron chi connectivity index (χ3n) is 4.06. The summed E-state index contributed by atoms with van der Waals surface area (Å²) in [5, 5.41) is 3.33. The van der Waals surface area contributed by atoms with Gasteiger partial charge >= 0.3 is 0 Å². The highest BCUT2D eigenvalue weighted by molar-refractivity contribution is 5.94. The molecule has 1 amide bonds. The van der Waals surface area contributed by atoms with Crippen molar-refractivity contribution in [1.29, 1.82) is 0 Å². The zero-order valence-corrected chi connectivity index (χ0v) is 14.5. The van der Waals surface area contributed by atoms with E-state index in [9.17, 15) is 4.79 Å². The summed E-state index contributed by atoms with van der Waals surface area (Å²) in [6.45, 7) is 10.2. The molecule has 128 valence electrons. The topological polar surface area (TPSA) is 44.8 Å². The first-order chi connectivity index (χ1) is 11.1. The van der Waals surface area contributed by atoms with Crippen LogP contribution in [0.1, 0.15) is 29.8 Å². The molecule has 1 fully saturated rings. The van der Waals surface area contributed by atoms with Crippen LogP contribution in [0.4, 0.5) is 0 Å². The van der Waals surface area contributed by atoms with Gasteiger partial charge in [0.25, 0.3) is 5.91 Å². The maximum Gasteiger partial charge on any atom is 0.253 e. The smallest absolute Gasteiger partial charge is 0.253 e. The molecule has 1 saturated heterocycles. The first-order valence-corrected chi connectivity index (χ1v) is 8.44.